The SMILES string of the molecule is COC(=O)C[C@H](NC(=O)[C@@H]1CCC(=O)N1)C(=O)O. The van der Waals surface area contributed by atoms with E-state index in [0.29, 0.717) is 6.42 Å². The van der Waals surface area contributed by atoms with E-state index < -0.39 is 36.4 Å². The molecule has 0 radical (unpaired) electrons. The number of aliphatic carboxylic acids is 1. The van der Waals surface area contributed by atoms with Crippen molar-refractivity contribution in [1.29, 1.82) is 0 Å². The Morgan fingerprint density at radius 1 is 1.56 bits per heavy atom. The van der Waals surface area contributed by atoms with Crippen molar-refractivity contribution >= 4 is 23.8 Å². The maximum Gasteiger partial charge on any atom is 0.326 e. The molecule has 18 heavy (non-hydrogen) atoms. The predicted octanol–water partition coefficient (Wildman–Crippen LogP) is -1.60. The van der Waals surface area contributed by atoms with Crippen molar-refractivity contribution in [3.05, 3.63) is 0 Å². The molecule has 1 fully saturated rings. The first kappa shape index (κ1) is 13.9. The lowest BCUT2D eigenvalue weighted by Gasteiger charge is -2.16. The van der Waals surface area contributed by atoms with Crippen LogP contribution < -0.4 is 10.6 Å². The van der Waals surface area contributed by atoms with E-state index in [2.05, 4.69) is 15.4 Å². The van der Waals surface area contributed by atoms with Crippen molar-refractivity contribution in [1.82, 2.24) is 10.6 Å². The van der Waals surface area contributed by atoms with Gasteiger partial charge in [-0.25, -0.2) is 4.79 Å². The van der Waals surface area contributed by atoms with E-state index in [-0.39, 0.29) is 12.3 Å². The zero-order valence-corrected chi connectivity index (χ0v) is 9.76. The second-order valence-electron chi connectivity index (χ2n) is 3.84. The van der Waals surface area contributed by atoms with E-state index in [0.717, 1.165) is 7.11 Å². The molecule has 1 rings (SSSR count). The Hall–Kier alpha value is -2.12. The molecule has 0 aromatic carbocycles. The van der Waals surface area contributed by atoms with Crippen molar-refractivity contribution in [3.63, 3.8) is 0 Å². The normalized spacial score (nSPS) is 19.8. The van der Waals surface area contributed by atoms with Crippen LogP contribution in [0, 0.1) is 0 Å². The molecule has 0 spiro atoms. The zero-order chi connectivity index (χ0) is 13.7. The fourth-order valence-electron chi connectivity index (χ4n) is 1.53. The Morgan fingerprint density at radius 2 is 2.22 bits per heavy atom. The van der Waals surface area contributed by atoms with E-state index in [1.807, 2.05) is 0 Å². The van der Waals surface area contributed by atoms with Crippen molar-refractivity contribution in [2.75, 3.05) is 7.11 Å². The minimum absolute atomic E-state index is 0.229. The summed E-state index contributed by atoms with van der Waals surface area (Å²) in [5.41, 5.74) is 0. The molecule has 0 aliphatic carbocycles. The summed E-state index contributed by atoms with van der Waals surface area (Å²) in [5.74, 6) is -2.94. The molecule has 1 aliphatic rings. The molecule has 1 heterocycles. The number of carboxylic acids is 1. The van der Waals surface area contributed by atoms with Crippen LogP contribution in [0.5, 0.6) is 0 Å². The third-order valence-electron chi connectivity index (χ3n) is 2.52. The van der Waals surface area contributed by atoms with Gasteiger partial charge in [0, 0.05) is 6.42 Å². The van der Waals surface area contributed by atoms with Crippen LogP contribution >= 0.6 is 0 Å². The van der Waals surface area contributed by atoms with Crippen molar-refractivity contribution in [3.8, 4) is 0 Å². The van der Waals surface area contributed by atoms with Crippen LogP contribution in [0.15, 0.2) is 0 Å². The first-order valence-electron chi connectivity index (χ1n) is 5.33. The van der Waals surface area contributed by atoms with E-state index >= 15 is 0 Å². The summed E-state index contributed by atoms with van der Waals surface area (Å²) in [5, 5.41) is 13.4. The fourth-order valence-corrected chi connectivity index (χ4v) is 1.53. The number of methoxy groups -OCH3 is 1. The summed E-state index contributed by atoms with van der Waals surface area (Å²) in [6, 6.07) is -2.10. The van der Waals surface area contributed by atoms with Gasteiger partial charge in [0.05, 0.1) is 13.5 Å². The van der Waals surface area contributed by atoms with Crippen LogP contribution in [0.3, 0.4) is 0 Å². The number of hydrogen-bond acceptors (Lipinski definition) is 5. The smallest absolute Gasteiger partial charge is 0.326 e. The number of carboxylic acid groups (broad SMARTS) is 1. The zero-order valence-electron chi connectivity index (χ0n) is 9.76. The lowest BCUT2D eigenvalue weighted by atomic mass is 10.1. The highest BCUT2D eigenvalue weighted by Crippen LogP contribution is 2.07. The maximum atomic E-state index is 11.6. The highest BCUT2D eigenvalue weighted by atomic mass is 16.5. The van der Waals surface area contributed by atoms with Gasteiger partial charge in [-0.05, 0) is 6.42 Å². The Labute approximate surface area is 103 Å². The van der Waals surface area contributed by atoms with Gasteiger partial charge in [-0.2, -0.15) is 0 Å². The van der Waals surface area contributed by atoms with E-state index in [1.165, 1.54) is 0 Å². The minimum Gasteiger partial charge on any atom is -0.480 e. The molecule has 1 saturated heterocycles. The van der Waals surface area contributed by atoms with Gasteiger partial charge in [-0.3, -0.25) is 14.4 Å². The number of carbonyl (C=O) groups is 4. The van der Waals surface area contributed by atoms with E-state index in [4.69, 9.17) is 5.11 Å². The Bertz CT molecular complexity index is 381. The summed E-state index contributed by atoms with van der Waals surface area (Å²) in [6.45, 7) is 0. The van der Waals surface area contributed by atoms with Crippen LogP contribution in [0.25, 0.3) is 0 Å². The molecule has 0 unspecified atom stereocenters. The molecule has 2 atom stereocenters. The molecular formula is C10H14N2O6. The lowest BCUT2D eigenvalue weighted by Crippen LogP contribution is -2.49. The number of nitrogens with one attached hydrogen (secondary N) is 2. The van der Waals surface area contributed by atoms with Gasteiger partial charge in [0.15, 0.2) is 0 Å². The summed E-state index contributed by atoms with van der Waals surface area (Å²) in [7, 11) is 1.13. The molecule has 2 amide bonds. The van der Waals surface area contributed by atoms with Crippen LogP contribution in [0.1, 0.15) is 19.3 Å². The van der Waals surface area contributed by atoms with Crippen molar-refractivity contribution in [2.24, 2.45) is 0 Å². The van der Waals surface area contributed by atoms with Gasteiger partial charge in [-0.15, -0.1) is 0 Å². The van der Waals surface area contributed by atoms with Gasteiger partial charge in [0.1, 0.15) is 12.1 Å². The van der Waals surface area contributed by atoms with Gasteiger partial charge in [0.2, 0.25) is 11.8 Å². The number of esters is 1. The highest BCUT2D eigenvalue weighted by Gasteiger charge is 2.31. The van der Waals surface area contributed by atoms with E-state index in [1.54, 1.807) is 0 Å². The Morgan fingerprint density at radius 3 is 2.67 bits per heavy atom. The summed E-state index contributed by atoms with van der Waals surface area (Å²) in [6.07, 6.45) is 0.0836. The molecule has 3 N–H and O–H groups in total. The number of ether oxygens (including phenoxy) is 1. The van der Waals surface area contributed by atoms with Gasteiger partial charge < -0.3 is 20.5 Å². The lowest BCUT2D eigenvalue weighted by molar-refractivity contribution is -0.149. The fraction of sp³-hybridized carbons (Fsp3) is 0.600. The number of hydrogen-bond donors (Lipinski definition) is 3. The summed E-state index contributed by atoms with van der Waals surface area (Å²) >= 11 is 0. The largest absolute Gasteiger partial charge is 0.480 e. The van der Waals surface area contributed by atoms with Gasteiger partial charge >= 0.3 is 11.9 Å². The van der Waals surface area contributed by atoms with Crippen LogP contribution in [-0.4, -0.2) is 48.1 Å². The van der Waals surface area contributed by atoms with Gasteiger partial charge in [-0.1, -0.05) is 0 Å². The Kier molecular flexibility index (Phi) is 4.64. The third-order valence-corrected chi connectivity index (χ3v) is 2.52. The predicted molar refractivity (Wildman–Crippen MR) is 57.4 cm³/mol. The second kappa shape index (κ2) is 5.99. The quantitative estimate of drug-likeness (QED) is 0.510. The Balaban J connectivity index is 2.55. The molecular weight excluding hydrogens is 244 g/mol. The first-order chi connectivity index (χ1) is 8.43. The topological polar surface area (TPSA) is 122 Å². The van der Waals surface area contributed by atoms with Crippen LogP contribution in [0.4, 0.5) is 0 Å². The standard InChI is InChI=1S/C10H14N2O6/c1-18-8(14)4-6(10(16)17)12-9(15)5-2-3-7(13)11-5/h5-6H,2-4H2,1H3,(H,11,13)(H,12,15)(H,16,17)/t5-,6-/m0/s1. The summed E-state index contributed by atoms with van der Waals surface area (Å²) in [4.78, 5) is 44.4. The number of amides is 2. The minimum atomic E-state index is -1.36. The highest BCUT2D eigenvalue weighted by molar-refractivity contribution is 5.93. The monoisotopic (exact) mass is 258 g/mol. The molecule has 100 valence electrons. The molecule has 0 aromatic heterocycles. The van der Waals surface area contributed by atoms with Crippen LogP contribution in [0.2, 0.25) is 0 Å². The molecule has 0 saturated carbocycles. The summed E-state index contributed by atoms with van der Waals surface area (Å²) < 4.78 is 4.33. The first-order valence-corrected chi connectivity index (χ1v) is 5.33. The second-order valence-corrected chi connectivity index (χ2v) is 3.84. The molecule has 1 aliphatic heterocycles. The number of carbonyl (C=O) groups excluding carboxylic acids is 3. The molecule has 8 heteroatoms. The molecule has 0 bridgehead atoms. The van der Waals surface area contributed by atoms with E-state index in [9.17, 15) is 19.2 Å². The van der Waals surface area contributed by atoms with Crippen molar-refractivity contribution < 1.29 is 29.0 Å². The molecule has 0 aromatic rings. The molecule has 8 nitrogen and oxygen atoms in total. The maximum absolute atomic E-state index is 11.6. The van der Waals surface area contributed by atoms with Crippen molar-refractivity contribution in [2.45, 2.75) is 31.3 Å². The average Bonchev–Trinajstić information content (AvgIpc) is 2.74. The van der Waals surface area contributed by atoms with Gasteiger partial charge in [0.25, 0.3) is 0 Å². The third kappa shape index (κ3) is 3.72. The number of rotatable bonds is 5. The average molecular weight is 258 g/mol. The van der Waals surface area contributed by atoms with Crippen LogP contribution in [-0.2, 0) is 23.9 Å².